The Labute approximate surface area is 134 Å². The summed E-state index contributed by atoms with van der Waals surface area (Å²) in [7, 11) is 0. The maximum absolute atomic E-state index is 12.1. The van der Waals surface area contributed by atoms with E-state index in [2.05, 4.69) is 5.32 Å². The molecule has 0 aliphatic rings. The highest BCUT2D eigenvalue weighted by Crippen LogP contribution is 2.25. The first-order valence-corrected chi connectivity index (χ1v) is 8.79. The summed E-state index contributed by atoms with van der Waals surface area (Å²) in [5, 5.41) is 4.74. The van der Waals surface area contributed by atoms with Gasteiger partial charge in [0.15, 0.2) is 5.58 Å². The summed E-state index contributed by atoms with van der Waals surface area (Å²) in [6.45, 7) is 0.746. The number of nitrogens with zero attached hydrogens (tertiary/aromatic N) is 1. The zero-order chi connectivity index (χ0) is 15.5. The van der Waals surface area contributed by atoms with Gasteiger partial charge in [-0.05, 0) is 29.8 Å². The molecule has 0 aliphatic heterocycles. The number of aromatic nitrogens is 1. The Hall–Kier alpha value is -1.99. The van der Waals surface area contributed by atoms with Crippen LogP contribution in [-0.4, -0.2) is 23.3 Å². The predicted molar refractivity (Wildman–Crippen MR) is 88.9 cm³/mol. The molecule has 0 atom stereocenters. The lowest BCUT2D eigenvalue weighted by Crippen LogP contribution is -2.29. The molecule has 0 unspecified atom stereocenters. The third-order valence-corrected chi connectivity index (χ3v) is 5.07. The maximum atomic E-state index is 12.1. The molecule has 22 heavy (non-hydrogen) atoms. The fraction of sp³-hybridized carbons (Fsp3) is 0.200. The second-order valence-electron chi connectivity index (χ2n) is 4.56. The molecule has 1 aromatic carbocycles. The number of para-hydroxylation sites is 2. The molecule has 3 aromatic rings. The highest BCUT2D eigenvalue weighted by molar-refractivity contribution is 7.98. The van der Waals surface area contributed by atoms with Crippen LogP contribution in [0.4, 0.5) is 0 Å². The SMILES string of the molecule is CSc1ccsc1C(=O)NCCn1c(=O)oc2ccccc21. The number of carbonyl (C=O) groups is 1. The molecule has 7 heteroatoms. The van der Waals surface area contributed by atoms with E-state index in [1.165, 1.54) is 15.9 Å². The van der Waals surface area contributed by atoms with Gasteiger partial charge in [0.1, 0.15) is 4.88 Å². The molecule has 0 bridgehead atoms. The third kappa shape index (κ3) is 2.82. The molecule has 3 rings (SSSR count). The number of nitrogens with one attached hydrogen (secondary N) is 1. The van der Waals surface area contributed by atoms with Crippen LogP contribution in [0, 0.1) is 0 Å². The van der Waals surface area contributed by atoms with E-state index in [0.29, 0.717) is 23.5 Å². The van der Waals surface area contributed by atoms with Gasteiger partial charge in [-0.25, -0.2) is 4.79 Å². The maximum Gasteiger partial charge on any atom is 0.420 e. The molecule has 1 amide bonds. The molecule has 0 aliphatic carbocycles. The van der Waals surface area contributed by atoms with Crippen molar-refractivity contribution in [2.24, 2.45) is 0 Å². The van der Waals surface area contributed by atoms with Crippen molar-refractivity contribution in [3.05, 3.63) is 51.1 Å². The quantitative estimate of drug-likeness (QED) is 0.729. The van der Waals surface area contributed by atoms with Crippen LogP contribution in [0.1, 0.15) is 9.67 Å². The van der Waals surface area contributed by atoms with Gasteiger partial charge in [-0.15, -0.1) is 23.1 Å². The van der Waals surface area contributed by atoms with E-state index >= 15 is 0 Å². The van der Waals surface area contributed by atoms with E-state index in [9.17, 15) is 9.59 Å². The van der Waals surface area contributed by atoms with Gasteiger partial charge < -0.3 is 9.73 Å². The summed E-state index contributed by atoms with van der Waals surface area (Å²) in [6.07, 6.45) is 1.94. The fourth-order valence-electron chi connectivity index (χ4n) is 2.21. The van der Waals surface area contributed by atoms with Crippen molar-refractivity contribution in [2.75, 3.05) is 12.8 Å². The van der Waals surface area contributed by atoms with Gasteiger partial charge in [0.2, 0.25) is 0 Å². The van der Waals surface area contributed by atoms with Gasteiger partial charge in [-0.2, -0.15) is 0 Å². The molecule has 2 heterocycles. The average molecular weight is 334 g/mol. The molecule has 5 nitrogen and oxygen atoms in total. The Kier molecular flexibility index (Phi) is 4.35. The first-order valence-electron chi connectivity index (χ1n) is 6.69. The molecule has 1 N–H and O–H groups in total. The monoisotopic (exact) mass is 334 g/mol. The van der Waals surface area contributed by atoms with Crippen molar-refractivity contribution in [3.63, 3.8) is 0 Å². The van der Waals surface area contributed by atoms with Gasteiger partial charge >= 0.3 is 5.76 Å². The second kappa shape index (κ2) is 6.41. The van der Waals surface area contributed by atoms with Crippen LogP contribution in [0.3, 0.4) is 0 Å². The first-order chi connectivity index (χ1) is 10.7. The number of thiophene rings is 1. The van der Waals surface area contributed by atoms with Crippen LogP contribution >= 0.6 is 23.1 Å². The molecule has 0 radical (unpaired) electrons. The Morgan fingerprint density at radius 1 is 1.36 bits per heavy atom. The van der Waals surface area contributed by atoms with Crippen LogP contribution in [0.15, 0.2) is 49.8 Å². The van der Waals surface area contributed by atoms with E-state index in [4.69, 9.17) is 4.42 Å². The van der Waals surface area contributed by atoms with Gasteiger partial charge in [0, 0.05) is 18.0 Å². The lowest BCUT2D eigenvalue weighted by molar-refractivity contribution is 0.0953. The van der Waals surface area contributed by atoms with Crippen molar-refractivity contribution in [1.29, 1.82) is 0 Å². The number of hydrogen-bond donors (Lipinski definition) is 1. The van der Waals surface area contributed by atoms with Gasteiger partial charge in [-0.3, -0.25) is 9.36 Å². The van der Waals surface area contributed by atoms with Crippen molar-refractivity contribution in [3.8, 4) is 0 Å². The predicted octanol–water partition coefficient (Wildman–Crippen LogP) is 2.81. The Morgan fingerprint density at radius 3 is 3.00 bits per heavy atom. The summed E-state index contributed by atoms with van der Waals surface area (Å²) < 4.78 is 6.69. The number of rotatable bonds is 5. The van der Waals surface area contributed by atoms with Crippen molar-refractivity contribution in [2.45, 2.75) is 11.4 Å². The fourth-order valence-corrected chi connectivity index (χ4v) is 3.88. The van der Waals surface area contributed by atoms with Crippen LogP contribution in [0.5, 0.6) is 0 Å². The largest absolute Gasteiger partial charge is 0.420 e. The normalized spacial score (nSPS) is 11.0. The summed E-state index contributed by atoms with van der Waals surface area (Å²) in [4.78, 5) is 25.6. The minimum atomic E-state index is -0.406. The number of amides is 1. The average Bonchev–Trinajstić information content (AvgIpc) is 3.11. The molecule has 0 saturated heterocycles. The zero-order valence-electron chi connectivity index (χ0n) is 11.9. The summed E-state index contributed by atoms with van der Waals surface area (Å²) in [6, 6.07) is 9.18. The zero-order valence-corrected chi connectivity index (χ0v) is 13.5. The number of fused-ring (bicyclic) bond motifs is 1. The number of thioether (sulfide) groups is 1. The second-order valence-corrected chi connectivity index (χ2v) is 6.33. The lowest BCUT2D eigenvalue weighted by Gasteiger charge is -2.05. The molecular weight excluding hydrogens is 320 g/mol. The highest BCUT2D eigenvalue weighted by atomic mass is 32.2. The van der Waals surface area contributed by atoms with Gasteiger partial charge in [0.25, 0.3) is 5.91 Å². The number of benzene rings is 1. The lowest BCUT2D eigenvalue weighted by atomic mass is 10.3. The van der Waals surface area contributed by atoms with Crippen LogP contribution < -0.4 is 11.1 Å². The minimum absolute atomic E-state index is 0.111. The van der Waals surface area contributed by atoms with E-state index < -0.39 is 5.76 Å². The number of hydrogen-bond acceptors (Lipinski definition) is 5. The van der Waals surface area contributed by atoms with Gasteiger partial charge in [-0.1, -0.05) is 12.1 Å². The Balaban J connectivity index is 1.69. The molecular formula is C15H14N2O3S2. The standard InChI is InChI=1S/C15H14N2O3S2/c1-21-12-6-9-22-13(12)14(18)16-7-8-17-10-4-2-3-5-11(10)20-15(17)19/h2-6,9H,7-8H2,1H3,(H,16,18). The highest BCUT2D eigenvalue weighted by Gasteiger charge is 2.13. The third-order valence-electron chi connectivity index (χ3n) is 3.25. The van der Waals surface area contributed by atoms with E-state index in [-0.39, 0.29) is 5.91 Å². The molecule has 114 valence electrons. The Bertz CT molecular complexity index is 863. The summed E-state index contributed by atoms with van der Waals surface area (Å²) in [5.41, 5.74) is 1.30. The van der Waals surface area contributed by atoms with Crippen molar-refractivity contribution in [1.82, 2.24) is 9.88 Å². The van der Waals surface area contributed by atoms with Crippen LogP contribution in [-0.2, 0) is 6.54 Å². The molecule has 0 spiro atoms. The summed E-state index contributed by atoms with van der Waals surface area (Å²) >= 11 is 2.96. The van der Waals surface area contributed by atoms with Crippen LogP contribution in [0.25, 0.3) is 11.1 Å². The first kappa shape index (κ1) is 14.9. The smallest absolute Gasteiger partial charge is 0.408 e. The van der Waals surface area contributed by atoms with Crippen molar-refractivity contribution < 1.29 is 9.21 Å². The minimum Gasteiger partial charge on any atom is -0.408 e. The van der Waals surface area contributed by atoms with E-state index in [0.717, 1.165) is 10.4 Å². The van der Waals surface area contributed by atoms with E-state index in [1.54, 1.807) is 17.8 Å². The van der Waals surface area contributed by atoms with Crippen molar-refractivity contribution >= 4 is 40.1 Å². The topological polar surface area (TPSA) is 64.2 Å². The summed E-state index contributed by atoms with van der Waals surface area (Å²) in [5.74, 6) is -0.517. The van der Waals surface area contributed by atoms with Crippen LogP contribution in [0.2, 0.25) is 0 Å². The number of carbonyl (C=O) groups excluding carboxylic acids is 1. The number of oxazole rings is 1. The Morgan fingerprint density at radius 2 is 2.18 bits per heavy atom. The molecule has 0 saturated carbocycles. The molecule has 2 aromatic heterocycles. The van der Waals surface area contributed by atoms with Gasteiger partial charge in [0.05, 0.1) is 5.52 Å². The van der Waals surface area contributed by atoms with E-state index in [1.807, 2.05) is 35.9 Å². The molecule has 0 fully saturated rings.